The number of aryl methyl sites for hydroxylation is 1. The lowest BCUT2D eigenvalue weighted by atomic mass is 10.0. The summed E-state index contributed by atoms with van der Waals surface area (Å²) in [4.78, 5) is 25.6. The third kappa shape index (κ3) is 8.03. The summed E-state index contributed by atoms with van der Waals surface area (Å²) in [5.41, 5.74) is 1.84. The maximum Gasteiger partial charge on any atom is 0.408 e. The molecular formula is C19H31N3O3. The minimum atomic E-state index is -0.595. The number of rotatable bonds is 7. The number of carbonyl (C=O) groups is 2. The highest BCUT2D eigenvalue weighted by Gasteiger charge is 2.18. The zero-order valence-corrected chi connectivity index (χ0v) is 16.2. The number of nitrogens with zero attached hydrogens (tertiary/aromatic N) is 1. The van der Waals surface area contributed by atoms with Crippen LogP contribution in [-0.4, -0.2) is 49.7 Å². The molecule has 2 N–H and O–H groups in total. The van der Waals surface area contributed by atoms with E-state index in [1.54, 1.807) is 20.8 Å². The van der Waals surface area contributed by atoms with Gasteiger partial charge in [0.05, 0.1) is 12.6 Å². The van der Waals surface area contributed by atoms with Gasteiger partial charge in [0.2, 0.25) is 5.91 Å². The number of hydrogen-bond acceptors (Lipinski definition) is 4. The Morgan fingerprint density at radius 2 is 1.72 bits per heavy atom. The van der Waals surface area contributed by atoms with Gasteiger partial charge in [0.25, 0.3) is 0 Å². The minimum absolute atomic E-state index is 0.0661. The lowest BCUT2D eigenvalue weighted by Crippen LogP contribution is -2.42. The van der Waals surface area contributed by atoms with Gasteiger partial charge in [-0.25, -0.2) is 4.79 Å². The normalized spacial score (nSPS) is 12.6. The van der Waals surface area contributed by atoms with Crippen molar-refractivity contribution in [1.82, 2.24) is 15.5 Å². The van der Waals surface area contributed by atoms with E-state index in [0.717, 1.165) is 12.0 Å². The van der Waals surface area contributed by atoms with Gasteiger partial charge in [0.1, 0.15) is 5.60 Å². The van der Waals surface area contributed by atoms with E-state index in [-0.39, 0.29) is 18.5 Å². The SMILES string of the molecule is CCc1ccc(C(CNC(=O)CNC(=O)OC(C)(C)C)N(C)C)cc1. The molecule has 0 spiro atoms. The first-order chi connectivity index (χ1) is 11.6. The van der Waals surface area contributed by atoms with Crippen molar-refractivity contribution in [2.24, 2.45) is 0 Å². The van der Waals surface area contributed by atoms with E-state index in [2.05, 4.69) is 46.7 Å². The molecule has 0 saturated carbocycles. The van der Waals surface area contributed by atoms with Crippen molar-refractivity contribution >= 4 is 12.0 Å². The molecule has 2 amide bonds. The molecule has 1 atom stereocenters. The Hall–Kier alpha value is -2.08. The second-order valence-corrected chi connectivity index (χ2v) is 7.23. The Morgan fingerprint density at radius 1 is 1.12 bits per heavy atom. The number of benzene rings is 1. The minimum Gasteiger partial charge on any atom is -0.444 e. The first-order valence-electron chi connectivity index (χ1n) is 8.61. The van der Waals surface area contributed by atoms with E-state index in [0.29, 0.717) is 6.54 Å². The lowest BCUT2D eigenvalue weighted by molar-refractivity contribution is -0.120. The van der Waals surface area contributed by atoms with Crippen LogP contribution in [0.2, 0.25) is 0 Å². The molecule has 6 heteroatoms. The van der Waals surface area contributed by atoms with Crippen LogP contribution in [0.5, 0.6) is 0 Å². The average Bonchev–Trinajstić information content (AvgIpc) is 2.52. The molecule has 140 valence electrons. The first-order valence-corrected chi connectivity index (χ1v) is 8.61. The number of likely N-dealkylation sites (N-methyl/N-ethyl adjacent to an activating group) is 1. The summed E-state index contributed by atoms with van der Waals surface area (Å²) in [5, 5.41) is 5.32. The van der Waals surface area contributed by atoms with Gasteiger partial charge in [-0.1, -0.05) is 31.2 Å². The van der Waals surface area contributed by atoms with Crippen molar-refractivity contribution in [3.63, 3.8) is 0 Å². The Balaban J connectivity index is 2.51. The molecule has 1 rings (SSSR count). The Morgan fingerprint density at radius 3 is 2.20 bits per heavy atom. The van der Waals surface area contributed by atoms with E-state index in [4.69, 9.17) is 4.74 Å². The van der Waals surface area contributed by atoms with Crippen molar-refractivity contribution in [2.75, 3.05) is 27.2 Å². The van der Waals surface area contributed by atoms with Crippen molar-refractivity contribution in [2.45, 2.75) is 45.8 Å². The summed E-state index contributed by atoms with van der Waals surface area (Å²) in [6.07, 6.45) is 0.405. The number of nitrogens with one attached hydrogen (secondary N) is 2. The quantitative estimate of drug-likeness (QED) is 0.793. The Bertz CT molecular complexity index is 562. The van der Waals surface area contributed by atoms with Crippen molar-refractivity contribution in [1.29, 1.82) is 0 Å². The summed E-state index contributed by atoms with van der Waals surface area (Å²) in [6.45, 7) is 7.81. The van der Waals surface area contributed by atoms with E-state index in [1.807, 2.05) is 14.1 Å². The van der Waals surface area contributed by atoms with Gasteiger partial charge in [-0.05, 0) is 52.4 Å². The highest BCUT2D eigenvalue weighted by atomic mass is 16.6. The second kappa shape index (κ2) is 9.42. The molecule has 0 aromatic heterocycles. The van der Waals surface area contributed by atoms with Crippen molar-refractivity contribution in [3.05, 3.63) is 35.4 Å². The molecule has 0 heterocycles. The number of ether oxygens (including phenoxy) is 1. The maximum absolute atomic E-state index is 12.0. The molecule has 0 saturated heterocycles. The molecule has 0 aliphatic rings. The van der Waals surface area contributed by atoms with Crippen molar-refractivity contribution < 1.29 is 14.3 Å². The fraction of sp³-hybridized carbons (Fsp3) is 0.579. The molecule has 0 radical (unpaired) electrons. The van der Waals surface area contributed by atoms with Crippen LogP contribution in [-0.2, 0) is 16.0 Å². The number of hydrogen-bond donors (Lipinski definition) is 2. The fourth-order valence-corrected chi connectivity index (χ4v) is 2.31. The van der Waals surface area contributed by atoms with Crippen LogP contribution in [0.15, 0.2) is 24.3 Å². The van der Waals surface area contributed by atoms with Gasteiger partial charge in [0.15, 0.2) is 0 Å². The van der Waals surface area contributed by atoms with Crippen LogP contribution in [0.25, 0.3) is 0 Å². The number of alkyl carbamates (subject to hydrolysis) is 1. The summed E-state index contributed by atoms with van der Waals surface area (Å²) in [6, 6.07) is 8.47. The van der Waals surface area contributed by atoms with Crippen LogP contribution in [0, 0.1) is 0 Å². The monoisotopic (exact) mass is 349 g/mol. The van der Waals surface area contributed by atoms with Gasteiger partial charge in [-0.15, -0.1) is 0 Å². The molecule has 0 aliphatic carbocycles. The Labute approximate surface area is 150 Å². The zero-order chi connectivity index (χ0) is 19.0. The third-order valence-corrected chi connectivity index (χ3v) is 3.68. The topological polar surface area (TPSA) is 70.7 Å². The second-order valence-electron chi connectivity index (χ2n) is 7.23. The molecule has 1 aromatic carbocycles. The molecule has 1 unspecified atom stereocenters. The van der Waals surface area contributed by atoms with E-state index >= 15 is 0 Å². The summed E-state index contributed by atoms with van der Waals surface area (Å²) < 4.78 is 5.10. The van der Waals surface area contributed by atoms with Gasteiger partial charge in [-0.3, -0.25) is 4.79 Å². The summed E-state index contributed by atoms with van der Waals surface area (Å²) in [7, 11) is 3.95. The summed E-state index contributed by atoms with van der Waals surface area (Å²) >= 11 is 0. The first kappa shape index (κ1) is 21.0. The number of amides is 2. The third-order valence-electron chi connectivity index (χ3n) is 3.68. The van der Waals surface area contributed by atoms with Crippen LogP contribution in [0.1, 0.15) is 44.9 Å². The van der Waals surface area contributed by atoms with Gasteiger partial charge >= 0.3 is 6.09 Å². The molecular weight excluding hydrogens is 318 g/mol. The molecule has 6 nitrogen and oxygen atoms in total. The van der Waals surface area contributed by atoms with Gasteiger partial charge in [0, 0.05) is 6.54 Å². The van der Waals surface area contributed by atoms with Crippen LogP contribution >= 0.6 is 0 Å². The van der Waals surface area contributed by atoms with Crippen LogP contribution in [0.4, 0.5) is 4.79 Å². The lowest BCUT2D eigenvalue weighted by Gasteiger charge is -2.25. The van der Waals surface area contributed by atoms with E-state index in [1.165, 1.54) is 5.56 Å². The molecule has 0 fully saturated rings. The van der Waals surface area contributed by atoms with E-state index < -0.39 is 11.7 Å². The molecule has 0 aliphatic heterocycles. The van der Waals surface area contributed by atoms with E-state index in [9.17, 15) is 9.59 Å². The molecule has 0 bridgehead atoms. The predicted octanol–water partition coefficient (Wildman–Crippen LogP) is 2.49. The van der Waals surface area contributed by atoms with Crippen LogP contribution < -0.4 is 10.6 Å². The smallest absolute Gasteiger partial charge is 0.408 e. The van der Waals surface area contributed by atoms with Crippen LogP contribution in [0.3, 0.4) is 0 Å². The van der Waals surface area contributed by atoms with Gasteiger partial charge < -0.3 is 20.3 Å². The van der Waals surface area contributed by atoms with Gasteiger partial charge in [-0.2, -0.15) is 0 Å². The zero-order valence-electron chi connectivity index (χ0n) is 16.2. The number of carbonyl (C=O) groups excluding carboxylic acids is 2. The largest absolute Gasteiger partial charge is 0.444 e. The highest BCUT2D eigenvalue weighted by Crippen LogP contribution is 2.18. The fourth-order valence-electron chi connectivity index (χ4n) is 2.31. The summed E-state index contributed by atoms with van der Waals surface area (Å²) in [5.74, 6) is -0.247. The standard InChI is InChI=1S/C19H31N3O3/c1-7-14-8-10-15(11-9-14)16(22(5)6)12-20-17(23)13-21-18(24)25-19(2,3)4/h8-11,16H,7,12-13H2,1-6H3,(H,20,23)(H,21,24). The predicted molar refractivity (Wildman–Crippen MR) is 99.5 cm³/mol. The Kier molecular flexibility index (Phi) is 7.90. The van der Waals surface area contributed by atoms with Crippen molar-refractivity contribution in [3.8, 4) is 0 Å². The maximum atomic E-state index is 12.0. The average molecular weight is 349 g/mol. The molecule has 1 aromatic rings. The molecule has 25 heavy (non-hydrogen) atoms. The highest BCUT2D eigenvalue weighted by molar-refractivity contribution is 5.82.